The Kier molecular flexibility index (Phi) is 7.04. The second-order valence-corrected chi connectivity index (χ2v) is 7.85. The minimum Gasteiger partial charge on any atom is -0.488 e. The van der Waals surface area contributed by atoms with Gasteiger partial charge in [0.1, 0.15) is 11.9 Å². The Bertz CT molecular complexity index is 1020. The quantitative estimate of drug-likeness (QED) is 0.332. The number of benzene rings is 2. The molecule has 2 heterocycles. The summed E-state index contributed by atoms with van der Waals surface area (Å²) in [5.41, 5.74) is 4.51. The van der Waals surface area contributed by atoms with Crippen LogP contribution < -0.4 is 15.4 Å². The zero-order valence-electron chi connectivity index (χ0n) is 18.3. The average molecular weight is 422 g/mol. The highest BCUT2D eigenvalue weighted by atomic mass is 16.5. The molecule has 1 saturated heterocycles. The van der Waals surface area contributed by atoms with Crippen molar-refractivity contribution in [2.45, 2.75) is 39.0 Å². The number of aromatic nitrogens is 2. The second-order valence-electron chi connectivity index (χ2n) is 7.85. The summed E-state index contributed by atoms with van der Waals surface area (Å²) < 4.78 is 13.8. The topological polar surface area (TPSA) is 72.7 Å². The van der Waals surface area contributed by atoms with Crippen LogP contribution in [0.2, 0.25) is 0 Å². The van der Waals surface area contributed by atoms with Crippen LogP contribution in [0.4, 0.5) is 0 Å². The van der Waals surface area contributed by atoms with Crippen LogP contribution in [0.3, 0.4) is 0 Å². The first-order chi connectivity index (χ1) is 15.2. The molecular formula is C24H31N5O2. The van der Waals surface area contributed by atoms with E-state index >= 15 is 0 Å². The lowest BCUT2D eigenvalue weighted by molar-refractivity contribution is 0.140. The molecule has 31 heavy (non-hydrogen) atoms. The Morgan fingerprint density at radius 2 is 2.16 bits per heavy atom. The number of ether oxygens (including phenoxy) is 2. The number of para-hydroxylation sites is 2. The van der Waals surface area contributed by atoms with Crippen molar-refractivity contribution in [2.75, 3.05) is 26.8 Å². The van der Waals surface area contributed by atoms with Crippen LogP contribution in [0, 0.1) is 6.92 Å². The normalized spacial score (nSPS) is 16.6. The molecule has 1 fully saturated rings. The largest absolute Gasteiger partial charge is 0.488 e. The molecule has 4 rings (SSSR count). The summed E-state index contributed by atoms with van der Waals surface area (Å²) in [7, 11) is 1.79. The Balaban J connectivity index is 1.27. The van der Waals surface area contributed by atoms with Crippen molar-refractivity contribution in [3.05, 3.63) is 59.9 Å². The fourth-order valence-corrected chi connectivity index (χ4v) is 3.75. The summed E-state index contributed by atoms with van der Waals surface area (Å²) >= 11 is 0. The van der Waals surface area contributed by atoms with E-state index in [1.165, 1.54) is 11.1 Å². The maximum absolute atomic E-state index is 6.19. The van der Waals surface area contributed by atoms with E-state index in [4.69, 9.17) is 9.47 Å². The van der Waals surface area contributed by atoms with Crippen molar-refractivity contribution in [3.63, 3.8) is 0 Å². The third-order valence-electron chi connectivity index (χ3n) is 5.47. The van der Waals surface area contributed by atoms with Gasteiger partial charge >= 0.3 is 0 Å². The third-order valence-corrected chi connectivity index (χ3v) is 5.47. The van der Waals surface area contributed by atoms with E-state index < -0.39 is 0 Å². The van der Waals surface area contributed by atoms with Crippen LogP contribution in [-0.4, -0.2) is 48.4 Å². The summed E-state index contributed by atoms with van der Waals surface area (Å²) in [5, 5.41) is 6.80. The minimum atomic E-state index is 0.136. The molecular weight excluding hydrogens is 390 g/mol. The van der Waals surface area contributed by atoms with Crippen LogP contribution >= 0.6 is 0 Å². The average Bonchev–Trinajstić information content (AvgIpc) is 3.44. The van der Waals surface area contributed by atoms with Crippen LogP contribution in [-0.2, 0) is 17.8 Å². The van der Waals surface area contributed by atoms with Crippen molar-refractivity contribution in [2.24, 2.45) is 4.99 Å². The van der Waals surface area contributed by atoms with E-state index in [0.29, 0.717) is 13.2 Å². The number of hydrogen-bond donors (Lipinski definition) is 2. The Morgan fingerprint density at radius 1 is 1.26 bits per heavy atom. The monoisotopic (exact) mass is 421 g/mol. The Morgan fingerprint density at radius 3 is 3.00 bits per heavy atom. The minimum absolute atomic E-state index is 0.136. The highest BCUT2D eigenvalue weighted by Gasteiger charge is 2.18. The Hall–Kier alpha value is -3.06. The van der Waals surface area contributed by atoms with Gasteiger partial charge in [0, 0.05) is 38.7 Å². The molecule has 1 aromatic heterocycles. The molecule has 0 aliphatic carbocycles. The van der Waals surface area contributed by atoms with Gasteiger partial charge < -0.3 is 24.7 Å². The van der Waals surface area contributed by atoms with Crippen molar-refractivity contribution in [1.29, 1.82) is 0 Å². The van der Waals surface area contributed by atoms with Crippen molar-refractivity contribution >= 4 is 17.0 Å². The molecule has 2 N–H and O–H groups in total. The van der Waals surface area contributed by atoms with Gasteiger partial charge in [-0.3, -0.25) is 4.99 Å². The van der Waals surface area contributed by atoms with Crippen molar-refractivity contribution in [1.82, 2.24) is 20.2 Å². The van der Waals surface area contributed by atoms with E-state index in [9.17, 15) is 0 Å². The molecule has 1 unspecified atom stereocenters. The van der Waals surface area contributed by atoms with Gasteiger partial charge in [-0.2, -0.15) is 0 Å². The molecule has 1 atom stereocenters. The number of guanidine groups is 1. The predicted octanol–water partition coefficient (Wildman–Crippen LogP) is 3.27. The number of hydrogen-bond acceptors (Lipinski definition) is 4. The second kappa shape index (κ2) is 10.3. The highest BCUT2D eigenvalue weighted by Crippen LogP contribution is 2.23. The fourth-order valence-electron chi connectivity index (χ4n) is 3.75. The van der Waals surface area contributed by atoms with Gasteiger partial charge in [0.2, 0.25) is 0 Å². The number of aryl methyl sites for hydroxylation is 2. The van der Waals surface area contributed by atoms with Crippen molar-refractivity contribution < 1.29 is 9.47 Å². The fraction of sp³-hybridized carbons (Fsp3) is 0.417. The molecule has 0 spiro atoms. The van der Waals surface area contributed by atoms with Gasteiger partial charge in [-0.05, 0) is 37.1 Å². The van der Waals surface area contributed by atoms with Gasteiger partial charge in [-0.1, -0.05) is 24.3 Å². The molecule has 3 aromatic rings. The van der Waals surface area contributed by atoms with E-state index in [1.54, 1.807) is 7.05 Å². The van der Waals surface area contributed by atoms with E-state index in [-0.39, 0.29) is 6.10 Å². The SMILES string of the molecule is CN=C(NCCCn1cnc2ccccc21)NCc1ccc(C)cc1OC1CCOC1. The molecule has 0 radical (unpaired) electrons. The molecule has 2 aromatic carbocycles. The van der Waals surface area contributed by atoms with E-state index in [0.717, 1.165) is 55.3 Å². The lowest BCUT2D eigenvalue weighted by atomic mass is 10.1. The number of aliphatic imine (C=N–C) groups is 1. The summed E-state index contributed by atoms with van der Waals surface area (Å²) in [4.78, 5) is 8.80. The number of imidazole rings is 1. The predicted molar refractivity (Wildman–Crippen MR) is 124 cm³/mol. The van der Waals surface area contributed by atoms with Crippen LogP contribution in [0.15, 0.2) is 53.8 Å². The van der Waals surface area contributed by atoms with E-state index in [1.807, 2.05) is 24.5 Å². The first-order valence-electron chi connectivity index (χ1n) is 10.9. The number of rotatable bonds is 8. The molecule has 164 valence electrons. The van der Waals surface area contributed by atoms with Gasteiger partial charge in [-0.25, -0.2) is 4.98 Å². The number of nitrogens with zero attached hydrogens (tertiary/aromatic N) is 3. The summed E-state index contributed by atoms with van der Waals surface area (Å²) in [6.45, 7) is 5.90. The lowest BCUT2D eigenvalue weighted by Crippen LogP contribution is -2.37. The summed E-state index contributed by atoms with van der Waals surface area (Å²) in [6.07, 6.45) is 3.96. The lowest BCUT2D eigenvalue weighted by Gasteiger charge is -2.18. The smallest absolute Gasteiger partial charge is 0.191 e. The molecule has 1 aliphatic heterocycles. The summed E-state index contributed by atoms with van der Waals surface area (Å²) in [5.74, 6) is 1.71. The van der Waals surface area contributed by atoms with Crippen molar-refractivity contribution in [3.8, 4) is 5.75 Å². The first kappa shape index (κ1) is 21.2. The third kappa shape index (κ3) is 5.55. The van der Waals surface area contributed by atoms with Gasteiger partial charge in [0.25, 0.3) is 0 Å². The van der Waals surface area contributed by atoms with Crippen LogP contribution in [0.25, 0.3) is 11.0 Å². The first-order valence-corrected chi connectivity index (χ1v) is 10.9. The Labute approximate surface area is 183 Å². The zero-order valence-corrected chi connectivity index (χ0v) is 18.3. The highest BCUT2D eigenvalue weighted by molar-refractivity contribution is 5.79. The standard InChI is InChI=1S/C24H31N5O2/c1-18-8-9-19(23(14-18)31-20-10-13-30-16-20)15-27-24(25-2)26-11-5-12-29-17-28-21-6-3-4-7-22(21)29/h3-4,6-9,14,17,20H,5,10-13,15-16H2,1-2H3,(H2,25,26,27). The maximum Gasteiger partial charge on any atom is 0.191 e. The van der Waals surface area contributed by atoms with Gasteiger partial charge in [-0.15, -0.1) is 0 Å². The molecule has 7 heteroatoms. The number of nitrogens with one attached hydrogen (secondary N) is 2. The molecule has 0 bridgehead atoms. The molecule has 0 saturated carbocycles. The van der Waals surface area contributed by atoms with Crippen LogP contribution in [0.1, 0.15) is 24.0 Å². The maximum atomic E-state index is 6.19. The zero-order chi connectivity index (χ0) is 21.5. The molecule has 7 nitrogen and oxygen atoms in total. The van der Waals surface area contributed by atoms with Gasteiger partial charge in [0.05, 0.1) is 30.6 Å². The molecule has 1 aliphatic rings. The van der Waals surface area contributed by atoms with E-state index in [2.05, 4.69) is 56.4 Å². The van der Waals surface area contributed by atoms with Crippen LogP contribution in [0.5, 0.6) is 5.75 Å². The molecule has 0 amide bonds. The number of fused-ring (bicyclic) bond motifs is 1. The summed E-state index contributed by atoms with van der Waals surface area (Å²) in [6, 6.07) is 14.5. The van der Waals surface area contributed by atoms with Gasteiger partial charge in [0.15, 0.2) is 5.96 Å².